The van der Waals surface area contributed by atoms with E-state index in [4.69, 9.17) is 0 Å². The van der Waals surface area contributed by atoms with E-state index in [9.17, 15) is 0 Å². The maximum absolute atomic E-state index is 3.57. The summed E-state index contributed by atoms with van der Waals surface area (Å²) < 4.78 is 0. The van der Waals surface area contributed by atoms with E-state index in [-0.39, 0.29) is 0 Å². The fraction of sp³-hybridized carbons (Fsp3) is 0.500. The summed E-state index contributed by atoms with van der Waals surface area (Å²) >= 11 is 0. The maximum Gasteiger partial charge on any atom is 0.0618 e. The zero-order valence-corrected chi connectivity index (χ0v) is 15.2. The van der Waals surface area contributed by atoms with Gasteiger partial charge in [0.1, 0.15) is 0 Å². The second-order valence-electron chi connectivity index (χ2n) is 7.37. The number of rotatable bonds is 5. The molecule has 1 aromatic carbocycles. The van der Waals surface area contributed by atoms with Crippen molar-refractivity contribution >= 4 is 5.70 Å². The predicted octanol–water partition coefficient (Wildman–Crippen LogP) is 2.64. The van der Waals surface area contributed by atoms with Crippen molar-refractivity contribution in [3.05, 3.63) is 53.7 Å². The van der Waals surface area contributed by atoms with Gasteiger partial charge in [-0.2, -0.15) is 0 Å². The van der Waals surface area contributed by atoms with Gasteiger partial charge in [-0.25, -0.2) is 0 Å². The van der Waals surface area contributed by atoms with Crippen molar-refractivity contribution in [1.82, 2.24) is 20.2 Å². The highest BCUT2D eigenvalue weighted by atomic mass is 15.5. The molecule has 0 saturated carbocycles. The average molecular weight is 326 g/mol. The molecule has 2 aliphatic heterocycles. The van der Waals surface area contributed by atoms with E-state index in [2.05, 4.69) is 83.7 Å². The number of hydrogen-bond donors (Lipinski definition) is 1. The van der Waals surface area contributed by atoms with Crippen molar-refractivity contribution < 1.29 is 0 Å². The Hall–Kier alpha value is -1.78. The SMILES string of the molecule is CC(C)CN1C=C(CN2CCN(C)CC2)C=C(c2ccccc2)N1. The van der Waals surface area contributed by atoms with E-state index in [0.717, 1.165) is 39.3 Å². The minimum absolute atomic E-state index is 0.619. The number of benzene rings is 1. The van der Waals surface area contributed by atoms with Crippen molar-refractivity contribution in [2.24, 2.45) is 5.92 Å². The molecule has 0 atom stereocenters. The largest absolute Gasteiger partial charge is 0.304 e. The number of piperazine rings is 1. The van der Waals surface area contributed by atoms with Crippen LogP contribution in [0.25, 0.3) is 5.70 Å². The summed E-state index contributed by atoms with van der Waals surface area (Å²) in [6.07, 6.45) is 4.59. The van der Waals surface area contributed by atoms with Crippen molar-refractivity contribution in [1.29, 1.82) is 0 Å². The van der Waals surface area contributed by atoms with Gasteiger partial charge in [-0.1, -0.05) is 44.2 Å². The van der Waals surface area contributed by atoms with Crippen LogP contribution in [-0.4, -0.2) is 61.1 Å². The van der Waals surface area contributed by atoms with Gasteiger partial charge in [-0.15, -0.1) is 0 Å². The van der Waals surface area contributed by atoms with Crippen LogP contribution in [0.15, 0.2) is 48.2 Å². The van der Waals surface area contributed by atoms with Gasteiger partial charge in [0.05, 0.1) is 5.70 Å². The van der Waals surface area contributed by atoms with Gasteiger partial charge in [0.15, 0.2) is 0 Å². The Morgan fingerprint density at radius 2 is 1.75 bits per heavy atom. The number of hydrazine groups is 1. The molecule has 0 bridgehead atoms. The van der Waals surface area contributed by atoms with Crippen molar-refractivity contribution in [3.63, 3.8) is 0 Å². The topological polar surface area (TPSA) is 21.8 Å². The number of nitrogens with one attached hydrogen (secondary N) is 1. The zero-order chi connectivity index (χ0) is 16.9. The zero-order valence-electron chi connectivity index (χ0n) is 15.2. The fourth-order valence-electron chi connectivity index (χ4n) is 3.25. The molecule has 1 aromatic rings. The molecule has 1 N–H and O–H groups in total. The first kappa shape index (κ1) is 17.1. The Bertz CT molecular complexity index is 583. The van der Waals surface area contributed by atoms with Crippen LogP contribution < -0.4 is 5.43 Å². The fourth-order valence-corrected chi connectivity index (χ4v) is 3.25. The Kier molecular flexibility index (Phi) is 5.59. The van der Waals surface area contributed by atoms with Crippen LogP contribution in [0.1, 0.15) is 19.4 Å². The lowest BCUT2D eigenvalue weighted by molar-refractivity contribution is 0.163. The summed E-state index contributed by atoms with van der Waals surface area (Å²) in [7, 11) is 2.21. The van der Waals surface area contributed by atoms with Crippen LogP contribution >= 0.6 is 0 Å². The third-order valence-corrected chi connectivity index (χ3v) is 4.56. The van der Waals surface area contributed by atoms with E-state index in [1.807, 2.05) is 0 Å². The van der Waals surface area contributed by atoms with Crippen LogP contribution in [0, 0.1) is 5.92 Å². The number of likely N-dealkylation sites (N-methyl/N-ethyl adjacent to an activating group) is 1. The molecule has 2 heterocycles. The van der Waals surface area contributed by atoms with Gasteiger partial charge in [0.2, 0.25) is 0 Å². The summed E-state index contributed by atoms with van der Waals surface area (Å²) in [6, 6.07) is 10.6. The summed E-state index contributed by atoms with van der Waals surface area (Å²) in [5, 5.41) is 2.25. The van der Waals surface area contributed by atoms with E-state index >= 15 is 0 Å². The third-order valence-electron chi connectivity index (χ3n) is 4.56. The molecular formula is C20H30N4. The quantitative estimate of drug-likeness (QED) is 0.898. The average Bonchev–Trinajstić information content (AvgIpc) is 2.57. The molecule has 4 heteroatoms. The maximum atomic E-state index is 3.57. The molecule has 3 rings (SSSR count). The molecule has 0 aromatic heterocycles. The Labute approximate surface area is 146 Å². The first-order valence-electron chi connectivity index (χ1n) is 9.02. The summed E-state index contributed by atoms with van der Waals surface area (Å²) in [5.41, 5.74) is 7.40. The van der Waals surface area contributed by atoms with Gasteiger partial charge < -0.3 is 4.90 Å². The Morgan fingerprint density at radius 3 is 2.42 bits per heavy atom. The van der Waals surface area contributed by atoms with E-state index in [1.165, 1.54) is 16.8 Å². The smallest absolute Gasteiger partial charge is 0.0618 e. The molecule has 4 nitrogen and oxygen atoms in total. The third kappa shape index (κ3) is 4.62. The lowest BCUT2D eigenvalue weighted by Gasteiger charge is -2.35. The van der Waals surface area contributed by atoms with Crippen molar-refractivity contribution in [2.75, 3.05) is 46.3 Å². The lowest BCUT2D eigenvalue weighted by atomic mass is 10.1. The normalized spacial score (nSPS) is 19.9. The molecule has 0 amide bonds. The van der Waals surface area contributed by atoms with E-state index in [0.29, 0.717) is 5.92 Å². The Balaban J connectivity index is 1.75. The molecule has 0 spiro atoms. The van der Waals surface area contributed by atoms with Crippen LogP contribution in [0.4, 0.5) is 0 Å². The number of nitrogens with zero attached hydrogens (tertiary/aromatic N) is 3. The highest BCUT2D eigenvalue weighted by Gasteiger charge is 2.18. The minimum Gasteiger partial charge on any atom is -0.304 e. The van der Waals surface area contributed by atoms with Gasteiger partial charge in [0, 0.05) is 45.5 Å². The summed E-state index contributed by atoms with van der Waals surface area (Å²) in [4.78, 5) is 4.97. The van der Waals surface area contributed by atoms with Crippen LogP contribution in [0.5, 0.6) is 0 Å². The molecule has 130 valence electrons. The second-order valence-corrected chi connectivity index (χ2v) is 7.37. The molecule has 1 fully saturated rings. The first-order valence-corrected chi connectivity index (χ1v) is 9.02. The van der Waals surface area contributed by atoms with Crippen molar-refractivity contribution in [3.8, 4) is 0 Å². The lowest BCUT2D eigenvalue weighted by Crippen LogP contribution is -2.45. The minimum atomic E-state index is 0.619. The van der Waals surface area contributed by atoms with Gasteiger partial charge in [-0.05, 0) is 30.2 Å². The first-order chi connectivity index (χ1) is 11.6. The van der Waals surface area contributed by atoms with E-state index in [1.54, 1.807) is 0 Å². The molecule has 24 heavy (non-hydrogen) atoms. The summed E-state index contributed by atoms with van der Waals surface area (Å²) in [6.45, 7) is 11.2. The van der Waals surface area contributed by atoms with Crippen LogP contribution in [0.2, 0.25) is 0 Å². The Morgan fingerprint density at radius 1 is 1.04 bits per heavy atom. The number of hydrogen-bond acceptors (Lipinski definition) is 4. The molecule has 0 unspecified atom stereocenters. The van der Waals surface area contributed by atoms with Gasteiger partial charge in [0.25, 0.3) is 0 Å². The molecule has 0 radical (unpaired) electrons. The van der Waals surface area contributed by atoms with Crippen molar-refractivity contribution in [2.45, 2.75) is 13.8 Å². The van der Waals surface area contributed by atoms with Crippen LogP contribution in [-0.2, 0) is 0 Å². The summed E-state index contributed by atoms with van der Waals surface area (Å²) in [5.74, 6) is 0.619. The monoisotopic (exact) mass is 326 g/mol. The van der Waals surface area contributed by atoms with Gasteiger partial charge >= 0.3 is 0 Å². The highest BCUT2D eigenvalue weighted by Crippen LogP contribution is 2.20. The molecular weight excluding hydrogens is 296 g/mol. The van der Waals surface area contributed by atoms with Crippen LogP contribution in [0.3, 0.4) is 0 Å². The molecule has 1 saturated heterocycles. The molecule has 0 aliphatic carbocycles. The second kappa shape index (κ2) is 7.86. The van der Waals surface area contributed by atoms with Gasteiger partial charge in [-0.3, -0.25) is 15.3 Å². The highest BCUT2D eigenvalue weighted by molar-refractivity contribution is 5.67. The van der Waals surface area contributed by atoms with E-state index < -0.39 is 0 Å². The molecule has 2 aliphatic rings. The predicted molar refractivity (Wildman–Crippen MR) is 101 cm³/mol. The standard InChI is InChI=1S/C20H30N4/c1-17(2)14-24-16-18(15-23-11-9-22(3)10-12-23)13-20(21-24)19-7-5-4-6-8-19/h4-8,13,16-17,21H,9-12,14-15H2,1-3H3.